The Morgan fingerprint density at radius 2 is 0.673 bits per heavy atom. The molecule has 0 spiro atoms. The number of rotatable bonds is 20. The molecule has 6 unspecified atom stereocenters. The summed E-state index contributed by atoms with van der Waals surface area (Å²) in [4.78, 5) is 122. The Morgan fingerprint density at radius 1 is 0.408 bits per heavy atom. The number of amides is 6. The fraction of sp³-hybridized carbons (Fsp3) is 0.300. The topological polar surface area (TPSA) is 222 Å². The van der Waals surface area contributed by atoms with Crippen molar-refractivity contribution in [2.75, 3.05) is 0 Å². The monoisotopic (exact) mass is 1320 g/mol. The first kappa shape index (κ1) is 65.8. The molecule has 2 heterocycles. The van der Waals surface area contributed by atoms with E-state index in [-0.39, 0.29) is 88.3 Å². The second-order valence-electron chi connectivity index (χ2n) is 27.0. The van der Waals surface area contributed by atoms with Gasteiger partial charge in [0.15, 0.2) is 0 Å². The van der Waals surface area contributed by atoms with Crippen LogP contribution in [0.25, 0.3) is 43.1 Å². The van der Waals surface area contributed by atoms with Crippen molar-refractivity contribution >= 4 is 90.5 Å². The van der Waals surface area contributed by atoms with Gasteiger partial charge in [-0.2, -0.15) is 0 Å². The zero-order chi connectivity index (χ0) is 69.1. The van der Waals surface area contributed by atoms with Gasteiger partial charge < -0.3 is 39.1 Å². The lowest BCUT2D eigenvalue weighted by atomic mass is 9.80. The van der Waals surface area contributed by atoms with Crippen molar-refractivity contribution in [3.63, 3.8) is 0 Å². The normalized spacial score (nSPS) is 18.3. The van der Waals surface area contributed by atoms with E-state index in [4.69, 9.17) is 28.4 Å². The van der Waals surface area contributed by atoms with E-state index in [0.29, 0.717) is 74.4 Å². The van der Waals surface area contributed by atoms with Gasteiger partial charge >= 0.3 is 11.9 Å². The Labute approximate surface area is 567 Å². The molecule has 0 saturated heterocycles. The highest BCUT2D eigenvalue weighted by Crippen LogP contribution is 2.58. The molecule has 0 bridgehead atoms. The molecule has 0 aromatic heterocycles. The van der Waals surface area contributed by atoms with Crippen molar-refractivity contribution in [3.8, 4) is 46.0 Å². The number of nitrogens with one attached hydrogen (secondary N) is 2. The van der Waals surface area contributed by atoms with Crippen LogP contribution in [0, 0.1) is 39.5 Å². The first-order valence-electron chi connectivity index (χ1n) is 33.4. The van der Waals surface area contributed by atoms with Crippen LogP contribution in [0.3, 0.4) is 0 Å². The van der Waals surface area contributed by atoms with E-state index in [1.54, 1.807) is 100 Å². The third-order valence-electron chi connectivity index (χ3n) is 19.2. The molecule has 9 aromatic rings. The quantitative estimate of drug-likeness (QED) is 0.0238. The Bertz CT molecular complexity index is 4240. The van der Waals surface area contributed by atoms with Crippen molar-refractivity contribution in [3.05, 3.63) is 191 Å². The highest BCUT2D eigenvalue weighted by molar-refractivity contribution is 6.45. The number of ether oxygens (including phenoxy) is 6. The van der Waals surface area contributed by atoms with E-state index in [1.165, 1.54) is 0 Å². The first-order valence-corrected chi connectivity index (χ1v) is 33.4. The van der Waals surface area contributed by atoms with E-state index < -0.39 is 95.6 Å². The Morgan fingerprint density at radius 3 is 0.918 bits per heavy atom. The Balaban J connectivity index is 1.11. The van der Waals surface area contributed by atoms with Gasteiger partial charge in [0.05, 0.1) is 22.3 Å². The van der Waals surface area contributed by atoms with E-state index >= 15 is 28.8 Å². The molecular weight excluding hydrogens is 1240 g/mol. The van der Waals surface area contributed by atoms with Gasteiger partial charge in [-0.1, -0.05) is 112 Å². The summed E-state index contributed by atoms with van der Waals surface area (Å²) in [5.41, 5.74) is 3.75. The lowest BCUT2D eigenvalue weighted by Gasteiger charge is -2.38. The minimum absolute atomic E-state index is 0.00713. The molecule has 2 N–H and O–H groups in total. The molecule has 13 rings (SSSR count). The molecule has 18 nitrogen and oxygen atoms in total. The molecule has 18 heteroatoms. The largest absolute Gasteiger partial charge is 0.459 e. The lowest BCUT2D eigenvalue weighted by molar-refractivity contribution is -0.146. The maximum absolute atomic E-state index is 16.2. The molecular formula is C80H76N4O14. The molecule has 2 aliphatic carbocycles. The number of benzene rings is 9. The summed E-state index contributed by atoms with van der Waals surface area (Å²) in [5, 5.41) is 8.35. The van der Waals surface area contributed by atoms with Crippen LogP contribution in [0.5, 0.6) is 46.0 Å². The minimum atomic E-state index is -1.37. The predicted octanol–water partition coefficient (Wildman–Crippen LogP) is 15.7. The van der Waals surface area contributed by atoms with Crippen LogP contribution < -0.4 is 29.6 Å². The second-order valence-corrected chi connectivity index (χ2v) is 27.0. The summed E-state index contributed by atoms with van der Waals surface area (Å²) in [6.07, 6.45) is 5.41. The average molecular weight is 1320 g/mol. The summed E-state index contributed by atoms with van der Waals surface area (Å²) in [7, 11) is 0. The highest BCUT2D eigenvalue weighted by atomic mass is 16.5. The zero-order valence-corrected chi connectivity index (χ0v) is 56.0. The fourth-order valence-corrected chi connectivity index (χ4v) is 14.5. The maximum atomic E-state index is 16.2. The number of hydrogen-bond donors (Lipinski definition) is 2. The van der Waals surface area contributed by atoms with Crippen molar-refractivity contribution in [1.82, 2.24) is 20.4 Å². The van der Waals surface area contributed by atoms with Gasteiger partial charge in [0, 0.05) is 80.2 Å². The molecule has 6 amide bonds. The molecule has 6 atom stereocenters. The predicted molar refractivity (Wildman–Crippen MR) is 372 cm³/mol. The summed E-state index contributed by atoms with van der Waals surface area (Å²) < 4.78 is 39.9. The number of hydrogen-bond acceptors (Lipinski definition) is 14. The second kappa shape index (κ2) is 26.6. The fourth-order valence-electron chi connectivity index (χ4n) is 14.5. The molecule has 0 radical (unpaired) electrons. The van der Waals surface area contributed by atoms with Crippen LogP contribution in [-0.4, -0.2) is 93.6 Å². The summed E-state index contributed by atoms with van der Waals surface area (Å²) in [6.45, 7) is 21.9. The Hall–Kier alpha value is -10.9. The highest BCUT2D eigenvalue weighted by Gasteiger charge is 2.48. The molecule has 2 fully saturated rings. The van der Waals surface area contributed by atoms with E-state index in [2.05, 4.69) is 23.8 Å². The number of esters is 2. The molecule has 4 aliphatic rings. The van der Waals surface area contributed by atoms with Gasteiger partial charge in [-0.3, -0.25) is 38.6 Å². The van der Waals surface area contributed by atoms with E-state index in [1.807, 2.05) is 76.2 Å². The van der Waals surface area contributed by atoms with E-state index in [0.717, 1.165) is 44.2 Å². The van der Waals surface area contributed by atoms with Crippen LogP contribution in [0.2, 0.25) is 0 Å². The van der Waals surface area contributed by atoms with Crippen molar-refractivity contribution < 1.29 is 66.8 Å². The summed E-state index contributed by atoms with van der Waals surface area (Å²) in [6, 6.07) is 31.9. The van der Waals surface area contributed by atoms with Crippen LogP contribution in [0.15, 0.2) is 147 Å². The number of carbonyl (C=O) groups is 8. The minimum Gasteiger partial charge on any atom is -0.459 e. The molecule has 9 aromatic carbocycles. The smallest absolute Gasteiger partial charge is 0.330 e. The number of nitrogens with zero attached hydrogens (tertiary/aromatic N) is 2. The third kappa shape index (κ3) is 12.3. The third-order valence-corrected chi connectivity index (χ3v) is 19.2. The van der Waals surface area contributed by atoms with Gasteiger partial charge in [0.25, 0.3) is 23.6 Å². The maximum Gasteiger partial charge on any atom is 0.330 e. The van der Waals surface area contributed by atoms with Gasteiger partial charge in [0.1, 0.15) is 70.3 Å². The van der Waals surface area contributed by atoms with Crippen molar-refractivity contribution in [1.29, 1.82) is 0 Å². The number of aryl methyl sites for hydroxylation is 4. The Kier molecular flexibility index (Phi) is 17.9. The standard InChI is InChI=1S/C80H76N4O14/c1-11-63(85)97-53-17-13-15-47(35-53)81-75(87)73(41(3)4)83-77(89)55-37-59(93-49-27-19-43(7)20-28-49)67-69-61(95-51-31-23-45(9)24-32-51)39-57-66-58(80(92)84(79(57)91)74(42(5)6)76(88)82-48-16-14-18-54(36-48)98-64(86)12-2)40-62(96-52-33-25-46(10)26-34-52)70(72(66)69)68-60(94-50-29-21-44(8)22-30-50)38-56(78(83)90)65(55)71(67)68/h11-12,19-34,37-42,47-48,53-54,73-74H,1-2,13-18,35-36H2,3-10H3,(H,81,87)(H,82,88). The van der Waals surface area contributed by atoms with Gasteiger partial charge in [-0.05, 0) is 151 Å². The van der Waals surface area contributed by atoms with Crippen molar-refractivity contribution in [2.45, 2.75) is 143 Å². The van der Waals surface area contributed by atoms with Gasteiger partial charge in [0.2, 0.25) is 11.8 Å². The van der Waals surface area contributed by atoms with Gasteiger partial charge in [-0.25, -0.2) is 9.59 Å². The molecule has 2 saturated carbocycles. The zero-order valence-electron chi connectivity index (χ0n) is 56.0. The van der Waals surface area contributed by atoms with Crippen LogP contribution in [0.4, 0.5) is 0 Å². The first-order chi connectivity index (χ1) is 47.1. The van der Waals surface area contributed by atoms with E-state index in [9.17, 15) is 9.59 Å². The molecule has 98 heavy (non-hydrogen) atoms. The van der Waals surface area contributed by atoms with Crippen LogP contribution in [-0.2, 0) is 28.7 Å². The molecule has 2 aliphatic heterocycles. The van der Waals surface area contributed by atoms with Crippen LogP contribution >= 0.6 is 0 Å². The van der Waals surface area contributed by atoms with Crippen LogP contribution in [0.1, 0.15) is 143 Å². The summed E-state index contributed by atoms with van der Waals surface area (Å²) in [5.74, 6) is -5.00. The van der Waals surface area contributed by atoms with Gasteiger partial charge in [-0.15, -0.1) is 0 Å². The number of imide groups is 2. The number of carbonyl (C=O) groups excluding carboxylic acids is 8. The van der Waals surface area contributed by atoms with Crippen molar-refractivity contribution in [2.24, 2.45) is 11.8 Å². The summed E-state index contributed by atoms with van der Waals surface area (Å²) >= 11 is 0. The average Bonchev–Trinajstić information content (AvgIpc) is 0.672. The number of fused-ring (bicyclic) bond motifs is 2. The molecule has 500 valence electrons. The lowest BCUT2D eigenvalue weighted by Crippen LogP contribution is -2.57. The SMILES string of the molecule is C=CC(=O)OC1CCCC(NC(=O)C(C(C)C)N2C(=O)c3cc(Oc4ccc(C)cc4)c4c5c(Oc6ccc(C)cc6)cc6c7c(cc(Oc8ccc(C)cc8)c(c8c(Oc9ccc(C)cc9)cc(c3c48)C2=O)c75)C(=O)N(C(C(=O)NC2CCCC(OC(=O)C=C)C2)C(C)C)C6=O)C1.